The van der Waals surface area contributed by atoms with Crippen LogP contribution in [-0.4, -0.2) is 17.5 Å². The minimum absolute atomic E-state index is 0.0242. The van der Waals surface area contributed by atoms with Gasteiger partial charge in [-0.3, -0.25) is 4.79 Å². The van der Waals surface area contributed by atoms with Crippen LogP contribution in [-0.2, 0) is 4.79 Å². The Morgan fingerprint density at radius 1 is 1.24 bits per heavy atom. The summed E-state index contributed by atoms with van der Waals surface area (Å²) in [6, 6.07) is -0.0242. The molecule has 3 heteroatoms. The van der Waals surface area contributed by atoms with E-state index in [-0.39, 0.29) is 17.5 Å². The van der Waals surface area contributed by atoms with E-state index in [1.54, 1.807) is 0 Å². The number of carbonyl (C=O) groups excluding carboxylic acids is 1. The van der Waals surface area contributed by atoms with E-state index in [4.69, 9.17) is 5.73 Å². The molecule has 0 aromatic rings. The van der Waals surface area contributed by atoms with Crippen molar-refractivity contribution in [3.8, 4) is 0 Å². The van der Waals surface area contributed by atoms with Gasteiger partial charge in [0.25, 0.3) is 0 Å². The van der Waals surface area contributed by atoms with Gasteiger partial charge < -0.3 is 11.1 Å². The van der Waals surface area contributed by atoms with E-state index in [0.717, 1.165) is 17.8 Å². The number of hydrogen-bond acceptors (Lipinski definition) is 2. The van der Waals surface area contributed by atoms with Crippen molar-refractivity contribution in [3.05, 3.63) is 0 Å². The van der Waals surface area contributed by atoms with Crippen molar-refractivity contribution >= 4 is 5.91 Å². The molecule has 3 N–H and O–H groups in total. The molecule has 4 aliphatic rings. The first-order valence-corrected chi connectivity index (χ1v) is 7.11. The Morgan fingerprint density at radius 3 is 2.12 bits per heavy atom. The monoisotopic (exact) mass is 236 g/mol. The molecule has 4 bridgehead atoms. The molecule has 0 spiro atoms. The second kappa shape index (κ2) is 3.98. The van der Waals surface area contributed by atoms with Crippen LogP contribution in [0.15, 0.2) is 0 Å². The van der Waals surface area contributed by atoms with Crippen molar-refractivity contribution in [1.82, 2.24) is 5.32 Å². The lowest BCUT2D eigenvalue weighted by Crippen LogP contribution is -2.60. The topological polar surface area (TPSA) is 55.1 Å². The first-order valence-electron chi connectivity index (χ1n) is 7.11. The highest BCUT2D eigenvalue weighted by atomic mass is 16.1. The fourth-order valence-electron chi connectivity index (χ4n) is 4.90. The minimum Gasteiger partial charge on any atom is -0.351 e. The van der Waals surface area contributed by atoms with Crippen LogP contribution in [0.5, 0.6) is 0 Å². The third-order valence-electron chi connectivity index (χ3n) is 4.95. The molecule has 0 saturated heterocycles. The SMILES string of the molecule is CC(N)CC(=O)NC12CC3CC(CC(C3)C1)C2. The summed E-state index contributed by atoms with van der Waals surface area (Å²) >= 11 is 0. The van der Waals surface area contributed by atoms with Gasteiger partial charge in [0.1, 0.15) is 0 Å². The van der Waals surface area contributed by atoms with Crippen LogP contribution >= 0.6 is 0 Å². The van der Waals surface area contributed by atoms with E-state index < -0.39 is 0 Å². The molecule has 0 heterocycles. The molecule has 0 aromatic heterocycles. The number of hydrogen-bond donors (Lipinski definition) is 2. The highest BCUT2D eigenvalue weighted by Crippen LogP contribution is 2.55. The summed E-state index contributed by atoms with van der Waals surface area (Å²) < 4.78 is 0. The molecule has 4 saturated carbocycles. The first-order chi connectivity index (χ1) is 8.05. The third-order valence-corrected chi connectivity index (χ3v) is 4.95. The van der Waals surface area contributed by atoms with E-state index in [9.17, 15) is 4.79 Å². The van der Waals surface area contributed by atoms with Gasteiger partial charge in [-0.05, 0) is 63.2 Å². The van der Waals surface area contributed by atoms with Crippen molar-refractivity contribution < 1.29 is 4.79 Å². The smallest absolute Gasteiger partial charge is 0.221 e. The third kappa shape index (κ3) is 2.22. The Morgan fingerprint density at radius 2 is 1.71 bits per heavy atom. The van der Waals surface area contributed by atoms with E-state index in [2.05, 4.69) is 5.32 Å². The molecular formula is C14H24N2O. The first kappa shape index (κ1) is 11.5. The summed E-state index contributed by atoms with van der Waals surface area (Å²) in [6.45, 7) is 1.90. The van der Waals surface area contributed by atoms with Crippen molar-refractivity contribution in [3.63, 3.8) is 0 Å². The van der Waals surface area contributed by atoms with Crippen molar-refractivity contribution in [2.45, 2.75) is 63.5 Å². The molecule has 4 aliphatic carbocycles. The highest BCUT2D eigenvalue weighted by molar-refractivity contribution is 5.77. The zero-order valence-electron chi connectivity index (χ0n) is 10.7. The molecule has 4 rings (SSSR count). The van der Waals surface area contributed by atoms with Crippen molar-refractivity contribution in [2.75, 3.05) is 0 Å². The summed E-state index contributed by atoms with van der Waals surface area (Å²) in [5.41, 5.74) is 5.85. The molecule has 0 aliphatic heterocycles. The van der Waals surface area contributed by atoms with Gasteiger partial charge in [-0.25, -0.2) is 0 Å². The lowest BCUT2D eigenvalue weighted by Gasteiger charge is -2.57. The molecule has 1 atom stereocenters. The molecule has 4 fully saturated rings. The Kier molecular flexibility index (Phi) is 2.69. The zero-order chi connectivity index (χ0) is 12.0. The normalized spacial score (nSPS) is 44.7. The van der Waals surface area contributed by atoms with Crippen LogP contribution in [0.2, 0.25) is 0 Å². The lowest BCUT2D eigenvalue weighted by atomic mass is 9.53. The van der Waals surface area contributed by atoms with Crippen LogP contribution in [0.25, 0.3) is 0 Å². The average Bonchev–Trinajstić information content (AvgIpc) is 2.11. The molecule has 3 nitrogen and oxygen atoms in total. The number of rotatable bonds is 3. The van der Waals surface area contributed by atoms with Crippen LogP contribution in [0.1, 0.15) is 51.9 Å². The Labute approximate surface area is 104 Å². The largest absolute Gasteiger partial charge is 0.351 e. The Balaban J connectivity index is 1.68. The van der Waals surface area contributed by atoms with E-state index >= 15 is 0 Å². The average molecular weight is 236 g/mol. The quantitative estimate of drug-likeness (QED) is 0.785. The fourth-order valence-corrected chi connectivity index (χ4v) is 4.90. The van der Waals surface area contributed by atoms with Crippen molar-refractivity contribution in [1.29, 1.82) is 0 Å². The second-order valence-electron chi connectivity index (χ2n) is 6.93. The summed E-state index contributed by atoms with van der Waals surface area (Å²) in [4.78, 5) is 11.9. The van der Waals surface area contributed by atoms with E-state index in [0.29, 0.717) is 6.42 Å². The van der Waals surface area contributed by atoms with Crippen LogP contribution in [0.3, 0.4) is 0 Å². The van der Waals surface area contributed by atoms with Gasteiger partial charge in [-0.1, -0.05) is 0 Å². The molecule has 0 radical (unpaired) electrons. The maximum Gasteiger partial charge on any atom is 0.221 e. The number of nitrogens with one attached hydrogen (secondary N) is 1. The van der Waals surface area contributed by atoms with Crippen LogP contribution in [0.4, 0.5) is 0 Å². The van der Waals surface area contributed by atoms with Crippen LogP contribution < -0.4 is 11.1 Å². The summed E-state index contributed by atoms with van der Waals surface area (Å²) in [6.07, 6.45) is 8.41. The summed E-state index contributed by atoms with van der Waals surface area (Å²) in [7, 11) is 0. The summed E-state index contributed by atoms with van der Waals surface area (Å²) in [5, 5.41) is 3.34. The predicted molar refractivity (Wildman–Crippen MR) is 67.3 cm³/mol. The Hall–Kier alpha value is -0.570. The minimum atomic E-state index is -0.0242. The predicted octanol–water partition coefficient (Wildman–Crippen LogP) is 1.81. The molecule has 1 unspecified atom stereocenters. The van der Waals surface area contributed by atoms with Gasteiger partial charge in [-0.2, -0.15) is 0 Å². The van der Waals surface area contributed by atoms with E-state index in [1.165, 1.54) is 38.5 Å². The maximum absolute atomic E-state index is 11.9. The zero-order valence-corrected chi connectivity index (χ0v) is 10.7. The molecule has 96 valence electrons. The summed E-state index contributed by atoms with van der Waals surface area (Å²) in [5.74, 6) is 2.83. The molecule has 17 heavy (non-hydrogen) atoms. The van der Waals surface area contributed by atoms with Crippen molar-refractivity contribution in [2.24, 2.45) is 23.5 Å². The number of nitrogens with two attached hydrogens (primary N) is 1. The fraction of sp³-hybridized carbons (Fsp3) is 0.929. The van der Waals surface area contributed by atoms with Gasteiger partial charge >= 0.3 is 0 Å². The lowest BCUT2D eigenvalue weighted by molar-refractivity contribution is -0.127. The number of amides is 1. The molecule has 0 aromatic carbocycles. The Bertz CT molecular complexity index is 289. The van der Waals surface area contributed by atoms with Gasteiger partial charge in [0.15, 0.2) is 0 Å². The maximum atomic E-state index is 11.9. The van der Waals surface area contributed by atoms with Gasteiger partial charge in [0, 0.05) is 18.0 Å². The second-order valence-corrected chi connectivity index (χ2v) is 6.93. The van der Waals surface area contributed by atoms with Gasteiger partial charge in [-0.15, -0.1) is 0 Å². The molecule has 1 amide bonds. The standard InChI is InChI=1S/C14H24N2O/c1-9(15)2-13(17)16-14-6-10-3-11(7-14)5-12(4-10)8-14/h9-12H,2-8,15H2,1H3,(H,16,17). The van der Waals surface area contributed by atoms with Gasteiger partial charge in [0.2, 0.25) is 5.91 Å². The molecular weight excluding hydrogens is 212 g/mol. The van der Waals surface area contributed by atoms with E-state index in [1.807, 2.05) is 6.92 Å². The highest BCUT2D eigenvalue weighted by Gasteiger charge is 2.51. The van der Waals surface area contributed by atoms with Gasteiger partial charge in [0.05, 0.1) is 0 Å². The number of carbonyl (C=O) groups is 1. The van der Waals surface area contributed by atoms with Crippen LogP contribution in [0, 0.1) is 17.8 Å².